The molecule has 0 saturated carbocycles. The highest BCUT2D eigenvalue weighted by Crippen LogP contribution is 2.28. The summed E-state index contributed by atoms with van der Waals surface area (Å²) in [7, 11) is -3.72. The number of ether oxygens (including phenoxy) is 1. The van der Waals surface area contributed by atoms with Gasteiger partial charge in [-0.1, -0.05) is 50.2 Å². The fraction of sp³-hybridized carbons (Fsp3) is 0.240. The van der Waals surface area contributed by atoms with E-state index < -0.39 is 22.0 Å². The van der Waals surface area contributed by atoms with Gasteiger partial charge in [0.2, 0.25) is 15.9 Å². The Morgan fingerprint density at radius 1 is 0.844 bits per heavy atom. The van der Waals surface area contributed by atoms with Crippen LogP contribution in [0.1, 0.15) is 32.3 Å². The molecule has 0 aromatic heterocycles. The number of sulfonamides is 1. The van der Waals surface area contributed by atoms with Crippen LogP contribution in [0.5, 0.6) is 11.5 Å². The molecule has 0 heterocycles. The van der Waals surface area contributed by atoms with Gasteiger partial charge in [-0.25, -0.2) is 8.42 Å². The summed E-state index contributed by atoms with van der Waals surface area (Å²) >= 11 is 0. The molecule has 0 unspecified atom stereocenters. The number of nitrogens with zero attached hydrogens (tertiary/aromatic N) is 1. The molecule has 168 valence electrons. The van der Waals surface area contributed by atoms with Gasteiger partial charge in [0.1, 0.15) is 17.5 Å². The van der Waals surface area contributed by atoms with E-state index in [0.717, 1.165) is 16.1 Å². The van der Waals surface area contributed by atoms with Gasteiger partial charge in [-0.3, -0.25) is 9.10 Å². The Kier molecular flexibility index (Phi) is 7.20. The second kappa shape index (κ2) is 9.87. The first-order chi connectivity index (χ1) is 15.2. The SMILES string of the molecule is CC(C)c1ccccc1NC(=O)[C@@H](C)N(c1ccc(Oc2ccccc2)cc1)S(C)(=O)=O. The number of para-hydroxylation sites is 2. The molecule has 0 aliphatic rings. The summed E-state index contributed by atoms with van der Waals surface area (Å²) in [5, 5.41) is 2.89. The molecule has 0 spiro atoms. The molecule has 3 rings (SSSR count). The number of hydrogen-bond acceptors (Lipinski definition) is 4. The molecule has 32 heavy (non-hydrogen) atoms. The van der Waals surface area contributed by atoms with E-state index in [-0.39, 0.29) is 5.92 Å². The molecule has 0 bridgehead atoms. The van der Waals surface area contributed by atoms with Gasteiger partial charge in [-0.2, -0.15) is 0 Å². The minimum Gasteiger partial charge on any atom is -0.457 e. The molecular formula is C25H28N2O4S. The predicted molar refractivity (Wildman–Crippen MR) is 129 cm³/mol. The number of nitrogens with one attached hydrogen (secondary N) is 1. The second-order valence-electron chi connectivity index (χ2n) is 7.88. The molecule has 0 aliphatic heterocycles. The fourth-order valence-electron chi connectivity index (χ4n) is 3.45. The van der Waals surface area contributed by atoms with Gasteiger partial charge in [0, 0.05) is 5.69 Å². The van der Waals surface area contributed by atoms with Gasteiger partial charge in [-0.15, -0.1) is 0 Å². The lowest BCUT2D eigenvalue weighted by molar-refractivity contribution is -0.116. The van der Waals surface area contributed by atoms with E-state index in [1.807, 2.05) is 68.4 Å². The molecule has 1 atom stereocenters. The minimum atomic E-state index is -3.72. The van der Waals surface area contributed by atoms with Crippen molar-refractivity contribution in [2.75, 3.05) is 15.9 Å². The molecule has 0 radical (unpaired) electrons. The van der Waals surface area contributed by atoms with Crippen molar-refractivity contribution in [3.8, 4) is 11.5 Å². The number of anilines is 2. The highest BCUT2D eigenvalue weighted by Gasteiger charge is 2.29. The Bertz CT molecular complexity index is 1160. The third kappa shape index (κ3) is 5.68. The summed E-state index contributed by atoms with van der Waals surface area (Å²) in [6, 6.07) is 22.5. The summed E-state index contributed by atoms with van der Waals surface area (Å²) in [5.74, 6) is 1.05. The molecule has 6 nitrogen and oxygen atoms in total. The van der Waals surface area contributed by atoms with E-state index in [1.165, 1.54) is 0 Å². The van der Waals surface area contributed by atoms with Crippen LogP contribution < -0.4 is 14.4 Å². The number of amides is 1. The van der Waals surface area contributed by atoms with Gasteiger partial charge >= 0.3 is 0 Å². The first-order valence-corrected chi connectivity index (χ1v) is 12.2. The lowest BCUT2D eigenvalue weighted by Gasteiger charge is -2.28. The zero-order valence-electron chi connectivity index (χ0n) is 18.6. The molecule has 7 heteroatoms. The zero-order chi connectivity index (χ0) is 23.3. The maximum absolute atomic E-state index is 13.0. The van der Waals surface area contributed by atoms with Gasteiger partial charge in [0.25, 0.3) is 0 Å². The van der Waals surface area contributed by atoms with Crippen LogP contribution in [0, 0.1) is 0 Å². The van der Waals surface area contributed by atoms with Gasteiger partial charge in [-0.05, 0) is 60.9 Å². The number of carbonyl (C=O) groups excluding carboxylic acids is 1. The van der Waals surface area contributed by atoms with Crippen molar-refractivity contribution >= 4 is 27.3 Å². The van der Waals surface area contributed by atoms with Crippen molar-refractivity contribution in [3.63, 3.8) is 0 Å². The second-order valence-corrected chi connectivity index (χ2v) is 9.73. The lowest BCUT2D eigenvalue weighted by atomic mass is 10.0. The average molecular weight is 453 g/mol. The van der Waals surface area contributed by atoms with Crippen LogP contribution in [-0.2, 0) is 14.8 Å². The van der Waals surface area contributed by atoms with Crippen LogP contribution in [-0.4, -0.2) is 26.6 Å². The first kappa shape index (κ1) is 23.3. The van der Waals surface area contributed by atoms with Gasteiger partial charge in [0.15, 0.2) is 0 Å². The molecule has 3 aromatic rings. The maximum Gasteiger partial charge on any atom is 0.248 e. The molecule has 1 N–H and O–H groups in total. The van der Waals surface area contributed by atoms with Crippen molar-refractivity contribution in [1.29, 1.82) is 0 Å². The van der Waals surface area contributed by atoms with Crippen LogP contribution >= 0.6 is 0 Å². The largest absolute Gasteiger partial charge is 0.457 e. The van der Waals surface area contributed by atoms with Crippen LogP contribution in [0.15, 0.2) is 78.9 Å². The summed E-state index contributed by atoms with van der Waals surface area (Å²) in [5.41, 5.74) is 2.05. The Labute approximate surface area is 189 Å². The first-order valence-electron chi connectivity index (χ1n) is 10.4. The van der Waals surface area contributed by atoms with Crippen molar-refractivity contribution in [2.45, 2.75) is 32.7 Å². The number of benzene rings is 3. The lowest BCUT2D eigenvalue weighted by Crippen LogP contribution is -2.45. The predicted octanol–water partition coefficient (Wildman–Crippen LogP) is 5.40. The molecular weight excluding hydrogens is 424 g/mol. The Morgan fingerprint density at radius 2 is 1.41 bits per heavy atom. The smallest absolute Gasteiger partial charge is 0.248 e. The topological polar surface area (TPSA) is 75.7 Å². The number of carbonyl (C=O) groups is 1. The molecule has 0 saturated heterocycles. The highest BCUT2D eigenvalue weighted by molar-refractivity contribution is 7.92. The fourth-order valence-corrected chi connectivity index (χ4v) is 4.62. The van der Waals surface area contributed by atoms with Crippen molar-refractivity contribution in [3.05, 3.63) is 84.4 Å². The highest BCUT2D eigenvalue weighted by atomic mass is 32.2. The minimum absolute atomic E-state index is 0.213. The third-order valence-electron chi connectivity index (χ3n) is 5.00. The quantitative estimate of drug-likeness (QED) is 0.497. The summed E-state index contributed by atoms with van der Waals surface area (Å²) in [4.78, 5) is 13.0. The van der Waals surface area contributed by atoms with E-state index in [0.29, 0.717) is 22.9 Å². The molecule has 0 aliphatic carbocycles. The standard InChI is InChI=1S/C25H28N2O4S/c1-18(2)23-12-8-9-13-24(23)26-25(28)19(3)27(32(4,29)30)20-14-16-22(17-15-20)31-21-10-6-5-7-11-21/h5-19H,1-4H3,(H,26,28)/t19-/m1/s1. The van der Waals surface area contributed by atoms with E-state index >= 15 is 0 Å². The van der Waals surface area contributed by atoms with Crippen molar-refractivity contribution in [2.24, 2.45) is 0 Å². The van der Waals surface area contributed by atoms with Crippen molar-refractivity contribution in [1.82, 2.24) is 0 Å². The van der Waals surface area contributed by atoms with Crippen molar-refractivity contribution < 1.29 is 17.9 Å². The monoisotopic (exact) mass is 452 g/mol. The van der Waals surface area contributed by atoms with Gasteiger partial charge in [0.05, 0.1) is 11.9 Å². The number of hydrogen-bond donors (Lipinski definition) is 1. The molecule has 3 aromatic carbocycles. The molecule has 0 fully saturated rings. The average Bonchev–Trinajstić information content (AvgIpc) is 2.75. The van der Waals surface area contributed by atoms with Crippen LogP contribution in [0.2, 0.25) is 0 Å². The van der Waals surface area contributed by atoms with Gasteiger partial charge < -0.3 is 10.1 Å². The summed E-state index contributed by atoms with van der Waals surface area (Å²) in [6.07, 6.45) is 1.09. The Hall–Kier alpha value is -3.32. The normalized spacial score (nSPS) is 12.3. The van der Waals surface area contributed by atoms with E-state index in [2.05, 4.69) is 5.32 Å². The van der Waals surface area contributed by atoms with E-state index in [1.54, 1.807) is 31.2 Å². The van der Waals surface area contributed by atoms with E-state index in [4.69, 9.17) is 4.74 Å². The van der Waals surface area contributed by atoms with Crippen LogP contribution in [0.3, 0.4) is 0 Å². The Balaban J connectivity index is 1.83. The number of rotatable bonds is 8. The van der Waals surface area contributed by atoms with E-state index in [9.17, 15) is 13.2 Å². The Morgan fingerprint density at radius 3 is 2.00 bits per heavy atom. The third-order valence-corrected chi connectivity index (χ3v) is 6.24. The van der Waals surface area contributed by atoms with Crippen LogP contribution in [0.25, 0.3) is 0 Å². The maximum atomic E-state index is 13.0. The summed E-state index contributed by atoms with van der Waals surface area (Å²) in [6.45, 7) is 5.65. The molecule has 1 amide bonds. The van der Waals surface area contributed by atoms with Crippen LogP contribution in [0.4, 0.5) is 11.4 Å². The zero-order valence-corrected chi connectivity index (χ0v) is 19.5. The summed E-state index contributed by atoms with van der Waals surface area (Å²) < 4.78 is 32.1.